The molecule has 1 unspecified atom stereocenters. The van der Waals surface area contributed by atoms with Crippen LogP contribution in [0.2, 0.25) is 0 Å². The molecule has 0 bridgehead atoms. The van der Waals surface area contributed by atoms with Gasteiger partial charge in [0.25, 0.3) is 0 Å². The van der Waals surface area contributed by atoms with Gasteiger partial charge in [-0.15, -0.1) is 0 Å². The first-order chi connectivity index (χ1) is 9.69. The van der Waals surface area contributed by atoms with Gasteiger partial charge in [-0.3, -0.25) is 0 Å². The van der Waals surface area contributed by atoms with Gasteiger partial charge in [-0.2, -0.15) is 0 Å². The number of hydrogen-bond donors (Lipinski definition) is 1. The first-order valence-electron chi connectivity index (χ1n) is 7.87. The Hall–Kier alpha value is -1.22. The maximum atomic E-state index is 6.14. The van der Waals surface area contributed by atoms with Gasteiger partial charge in [-0.25, -0.2) is 0 Å². The molecule has 1 saturated carbocycles. The first-order valence-corrected chi connectivity index (χ1v) is 7.87. The highest BCUT2D eigenvalue weighted by Crippen LogP contribution is 2.32. The molecule has 0 spiro atoms. The predicted molar refractivity (Wildman–Crippen MR) is 82.5 cm³/mol. The molecule has 1 aromatic rings. The molecule has 1 aliphatic carbocycles. The zero-order chi connectivity index (χ0) is 14.4. The number of ether oxygens (including phenoxy) is 2. The first kappa shape index (κ1) is 15.2. The standard InChI is InChI=1S/C17H27NO2/c1-3-19-17-12-14(11-13(2)18)9-10-16(17)20-15-7-5-4-6-8-15/h9-10,12-13,15H,3-8,11,18H2,1-2H3. The lowest BCUT2D eigenvalue weighted by atomic mass is 9.98. The van der Waals surface area contributed by atoms with E-state index in [1.165, 1.54) is 24.8 Å². The minimum Gasteiger partial charge on any atom is -0.490 e. The van der Waals surface area contributed by atoms with E-state index in [4.69, 9.17) is 15.2 Å². The fourth-order valence-electron chi connectivity index (χ4n) is 2.78. The third kappa shape index (κ3) is 4.41. The summed E-state index contributed by atoms with van der Waals surface area (Å²) in [5.74, 6) is 1.74. The highest BCUT2D eigenvalue weighted by atomic mass is 16.5. The van der Waals surface area contributed by atoms with Crippen LogP contribution < -0.4 is 15.2 Å². The minimum atomic E-state index is 0.162. The Morgan fingerprint density at radius 3 is 2.60 bits per heavy atom. The van der Waals surface area contributed by atoms with Gasteiger partial charge in [0.2, 0.25) is 0 Å². The molecule has 1 fully saturated rings. The zero-order valence-electron chi connectivity index (χ0n) is 12.7. The number of rotatable bonds is 6. The minimum absolute atomic E-state index is 0.162. The SMILES string of the molecule is CCOc1cc(CC(C)N)ccc1OC1CCCCC1. The maximum Gasteiger partial charge on any atom is 0.161 e. The summed E-state index contributed by atoms with van der Waals surface area (Å²) in [7, 11) is 0. The molecule has 1 atom stereocenters. The lowest BCUT2D eigenvalue weighted by Gasteiger charge is -2.24. The second-order valence-electron chi connectivity index (χ2n) is 5.77. The molecule has 0 aromatic heterocycles. The van der Waals surface area contributed by atoms with Crippen molar-refractivity contribution >= 4 is 0 Å². The molecule has 3 nitrogen and oxygen atoms in total. The second kappa shape index (κ2) is 7.53. The molecule has 20 heavy (non-hydrogen) atoms. The number of nitrogens with two attached hydrogens (primary N) is 1. The van der Waals surface area contributed by atoms with Crippen molar-refractivity contribution in [2.45, 2.75) is 64.5 Å². The largest absolute Gasteiger partial charge is 0.490 e. The third-order valence-electron chi connectivity index (χ3n) is 3.71. The highest BCUT2D eigenvalue weighted by Gasteiger charge is 2.17. The van der Waals surface area contributed by atoms with Gasteiger partial charge in [-0.1, -0.05) is 12.5 Å². The molecule has 0 aliphatic heterocycles. The van der Waals surface area contributed by atoms with Crippen molar-refractivity contribution in [1.29, 1.82) is 0 Å². The second-order valence-corrected chi connectivity index (χ2v) is 5.77. The van der Waals surface area contributed by atoms with Crippen molar-refractivity contribution in [3.8, 4) is 11.5 Å². The number of benzene rings is 1. The average Bonchev–Trinajstić information content (AvgIpc) is 2.42. The summed E-state index contributed by atoms with van der Waals surface area (Å²) < 4.78 is 11.9. The summed E-state index contributed by atoms with van der Waals surface area (Å²) in [6, 6.07) is 6.38. The van der Waals surface area contributed by atoms with E-state index in [9.17, 15) is 0 Å². The molecule has 112 valence electrons. The molecular weight excluding hydrogens is 250 g/mol. The molecule has 0 amide bonds. The summed E-state index contributed by atoms with van der Waals surface area (Å²) in [6.45, 7) is 4.68. The average molecular weight is 277 g/mol. The van der Waals surface area contributed by atoms with E-state index in [0.29, 0.717) is 12.7 Å². The Kier molecular flexibility index (Phi) is 5.72. The zero-order valence-corrected chi connectivity index (χ0v) is 12.7. The van der Waals surface area contributed by atoms with Crippen LogP contribution in [0.1, 0.15) is 51.5 Å². The van der Waals surface area contributed by atoms with Crippen LogP contribution in [-0.4, -0.2) is 18.8 Å². The molecule has 0 heterocycles. The van der Waals surface area contributed by atoms with Crippen molar-refractivity contribution in [3.05, 3.63) is 23.8 Å². The van der Waals surface area contributed by atoms with Crippen molar-refractivity contribution in [3.63, 3.8) is 0 Å². The van der Waals surface area contributed by atoms with Gasteiger partial charge in [0.15, 0.2) is 11.5 Å². The van der Waals surface area contributed by atoms with Gasteiger partial charge in [0, 0.05) is 6.04 Å². The van der Waals surface area contributed by atoms with E-state index in [1.54, 1.807) is 0 Å². The summed E-state index contributed by atoms with van der Waals surface area (Å²) in [5, 5.41) is 0. The fourth-order valence-corrected chi connectivity index (χ4v) is 2.78. The Morgan fingerprint density at radius 1 is 1.20 bits per heavy atom. The van der Waals surface area contributed by atoms with Crippen LogP contribution in [0.25, 0.3) is 0 Å². The van der Waals surface area contributed by atoms with Gasteiger partial charge in [-0.05, 0) is 63.6 Å². The van der Waals surface area contributed by atoms with Crippen LogP contribution in [0, 0.1) is 0 Å². The molecule has 3 heteroatoms. The van der Waals surface area contributed by atoms with Gasteiger partial charge >= 0.3 is 0 Å². The molecule has 2 rings (SSSR count). The Bertz CT molecular complexity index is 411. The molecule has 2 N–H and O–H groups in total. The predicted octanol–water partition coefficient (Wildman–Crippen LogP) is 3.69. The van der Waals surface area contributed by atoms with Gasteiger partial charge in [0.05, 0.1) is 12.7 Å². The topological polar surface area (TPSA) is 44.5 Å². The lowest BCUT2D eigenvalue weighted by Crippen LogP contribution is -2.20. The molecular formula is C17H27NO2. The smallest absolute Gasteiger partial charge is 0.161 e. The monoisotopic (exact) mass is 277 g/mol. The van der Waals surface area contributed by atoms with E-state index < -0.39 is 0 Å². The molecule has 0 saturated heterocycles. The van der Waals surface area contributed by atoms with E-state index in [1.807, 2.05) is 19.9 Å². The van der Waals surface area contributed by atoms with E-state index >= 15 is 0 Å². The van der Waals surface area contributed by atoms with Crippen LogP contribution in [0.15, 0.2) is 18.2 Å². The van der Waals surface area contributed by atoms with E-state index in [-0.39, 0.29) is 6.04 Å². The van der Waals surface area contributed by atoms with Gasteiger partial charge in [0.1, 0.15) is 0 Å². The van der Waals surface area contributed by atoms with Crippen LogP contribution in [0.4, 0.5) is 0 Å². The third-order valence-corrected chi connectivity index (χ3v) is 3.71. The van der Waals surface area contributed by atoms with Crippen LogP contribution in [-0.2, 0) is 6.42 Å². The Morgan fingerprint density at radius 2 is 1.95 bits per heavy atom. The normalized spacial score (nSPS) is 17.8. The Balaban J connectivity index is 2.09. The van der Waals surface area contributed by atoms with E-state index in [2.05, 4.69) is 12.1 Å². The molecule has 1 aromatic carbocycles. The maximum absolute atomic E-state index is 6.14. The summed E-state index contributed by atoms with van der Waals surface area (Å²) in [4.78, 5) is 0. The molecule has 1 aliphatic rings. The summed E-state index contributed by atoms with van der Waals surface area (Å²) >= 11 is 0. The highest BCUT2D eigenvalue weighted by molar-refractivity contribution is 5.43. The summed E-state index contributed by atoms with van der Waals surface area (Å²) in [5.41, 5.74) is 7.07. The molecule has 0 radical (unpaired) electrons. The fraction of sp³-hybridized carbons (Fsp3) is 0.647. The van der Waals surface area contributed by atoms with Crippen molar-refractivity contribution in [2.24, 2.45) is 5.73 Å². The van der Waals surface area contributed by atoms with E-state index in [0.717, 1.165) is 30.8 Å². The quantitative estimate of drug-likeness (QED) is 0.862. The number of hydrogen-bond acceptors (Lipinski definition) is 3. The van der Waals surface area contributed by atoms with Crippen molar-refractivity contribution < 1.29 is 9.47 Å². The van der Waals surface area contributed by atoms with Crippen molar-refractivity contribution in [2.75, 3.05) is 6.61 Å². The van der Waals surface area contributed by atoms with Crippen LogP contribution in [0.3, 0.4) is 0 Å². The van der Waals surface area contributed by atoms with Gasteiger partial charge < -0.3 is 15.2 Å². The Labute approximate surface area is 122 Å². The lowest BCUT2D eigenvalue weighted by molar-refractivity contribution is 0.147. The van der Waals surface area contributed by atoms with Crippen LogP contribution in [0.5, 0.6) is 11.5 Å². The van der Waals surface area contributed by atoms with Crippen LogP contribution >= 0.6 is 0 Å². The van der Waals surface area contributed by atoms with Crippen molar-refractivity contribution in [1.82, 2.24) is 0 Å². The summed E-state index contributed by atoms with van der Waals surface area (Å²) in [6.07, 6.45) is 7.42.